The van der Waals surface area contributed by atoms with Crippen LogP contribution >= 0.6 is 0 Å². The SMILES string of the molecule is C[C@H](CCC(=O)O[C@H]1O[C@H](COC(=O)C(F)(F)F)[C@@H](OC(=O)C(F)(F)F)[C@H](OC(=O)C(F)(F)F)[C@H]1OC(=O)C(F)(F)F)[C@H]1CCC2C3CCC4C[C@H](OC(=O)C(F)(F)F)CC[C@]4(C)C3CC(OC(=O)C(F)(F)F)[C@@]21C. The van der Waals surface area contributed by atoms with Gasteiger partial charge in [-0.25, -0.2) is 28.8 Å². The summed E-state index contributed by atoms with van der Waals surface area (Å²) in [7, 11) is 0. The molecule has 0 spiro atoms. The number of hydrogen-bond donors (Lipinski definition) is 0. The smallest absolute Gasteiger partial charge is 0.456 e. The number of ether oxygens (including phenoxy) is 8. The molecule has 0 radical (unpaired) electrons. The average molecular weight is 1130 g/mol. The third-order valence-electron chi connectivity index (χ3n) is 15.1. The van der Waals surface area contributed by atoms with Crippen molar-refractivity contribution in [1.82, 2.24) is 0 Å². The van der Waals surface area contributed by atoms with Crippen LogP contribution < -0.4 is 0 Å². The van der Waals surface area contributed by atoms with Gasteiger partial charge in [0, 0.05) is 11.8 Å². The van der Waals surface area contributed by atoms with E-state index >= 15 is 0 Å². The van der Waals surface area contributed by atoms with Crippen molar-refractivity contribution in [2.45, 2.75) is 165 Å². The van der Waals surface area contributed by atoms with Crippen molar-refractivity contribution >= 4 is 41.8 Å². The van der Waals surface area contributed by atoms with Crippen molar-refractivity contribution in [3.8, 4) is 0 Å². The van der Waals surface area contributed by atoms with Crippen LogP contribution in [0.15, 0.2) is 0 Å². The van der Waals surface area contributed by atoms with Crippen molar-refractivity contribution in [3.05, 3.63) is 0 Å². The quantitative estimate of drug-likeness (QED) is 0.103. The second kappa shape index (κ2) is 21.4. The molecule has 4 aliphatic carbocycles. The number of carbonyl (C=O) groups excluding carboxylic acids is 7. The van der Waals surface area contributed by atoms with Crippen LogP contribution in [0.3, 0.4) is 0 Å². The molecule has 0 aromatic heterocycles. The van der Waals surface area contributed by atoms with Gasteiger partial charge in [-0.1, -0.05) is 20.8 Å². The fourth-order valence-corrected chi connectivity index (χ4v) is 11.9. The molecule has 428 valence electrons. The molecule has 15 nitrogen and oxygen atoms in total. The first-order chi connectivity index (χ1) is 34.0. The minimum absolute atomic E-state index is 0.0126. The van der Waals surface area contributed by atoms with E-state index in [0.717, 1.165) is 0 Å². The molecule has 5 aliphatic rings. The van der Waals surface area contributed by atoms with E-state index in [1.807, 2.05) is 0 Å². The van der Waals surface area contributed by atoms with Crippen LogP contribution in [0.4, 0.5) is 79.0 Å². The topological polar surface area (TPSA) is 193 Å². The van der Waals surface area contributed by atoms with E-state index in [9.17, 15) is 113 Å². The Balaban J connectivity index is 1.43. The molecule has 33 heteroatoms. The summed E-state index contributed by atoms with van der Waals surface area (Å²) < 4.78 is 276. The van der Waals surface area contributed by atoms with Crippen LogP contribution in [0, 0.1) is 46.3 Å². The molecule has 1 saturated heterocycles. The Morgan fingerprint density at radius 1 is 0.533 bits per heavy atom. The molecule has 5 unspecified atom stereocenters. The molecule has 75 heavy (non-hydrogen) atoms. The predicted octanol–water partition coefficient (Wildman–Crippen LogP) is 8.42. The summed E-state index contributed by atoms with van der Waals surface area (Å²) in [4.78, 5) is 85.2. The molecular formula is C42H44F18O15. The summed E-state index contributed by atoms with van der Waals surface area (Å²) in [6, 6.07) is 0. The monoisotopic (exact) mass is 1130 g/mol. The molecule has 1 aliphatic heterocycles. The standard InChI is InChI=1S/C42H44F18O15/c1-15(19-7-8-20-18-6-5-16-12-17(69-30(63)38(46,47)48)10-11-35(16,2)21(18)13-23(36(19,20)3)71-31(64)39(49,50)51)4-9-24(61)72-28-27(75-34(67)42(58,59)60)26(74-33(66)41(55,56)57)25(73-32(65)40(52,53)54)22(70-28)14-68-29(62)37(43,44)45/h15-23,25-28H,4-14H2,1-3H3/t15-,16?,17-,18?,19-,20?,21?,22-,23?,25-,26+,27-,28-,35+,36-/m1/s1. The summed E-state index contributed by atoms with van der Waals surface area (Å²) in [6.45, 7) is 2.58. The minimum atomic E-state index is -6.26. The minimum Gasteiger partial charge on any atom is -0.456 e. The van der Waals surface area contributed by atoms with E-state index in [0.29, 0.717) is 12.8 Å². The molecule has 0 amide bonds. The Bertz CT molecular complexity index is 2160. The van der Waals surface area contributed by atoms with Gasteiger partial charge in [0.15, 0.2) is 12.2 Å². The molecular weight excluding hydrogens is 1090 g/mol. The number of rotatable bonds is 12. The lowest BCUT2D eigenvalue weighted by Gasteiger charge is -2.62. The van der Waals surface area contributed by atoms with Crippen molar-refractivity contribution in [1.29, 1.82) is 0 Å². The number of alkyl halides is 18. The van der Waals surface area contributed by atoms with Crippen molar-refractivity contribution in [2.75, 3.05) is 6.61 Å². The fraction of sp³-hybridized carbons (Fsp3) is 0.833. The molecule has 15 atom stereocenters. The molecule has 1 heterocycles. The highest BCUT2D eigenvalue weighted by molar-refractivity contribution is 5.79. The van der Waals surface area contributed by atoms with Crippen LogP contribution in [0.1, 0.15) is 85.0 Å². The second-order valence-corrected chi connectivity index (χ2v) is 19.4. The van der Waals surface area contributed by atoms with E-state index in [1.54, 1.807) is 6.92 Å². The van der Waals surface area contributed by atoms with E-state index in [1.165, 1.54) is 13.8 Å². The second-order valence-electron chi connectivity index (χ2n) is 19.4. The van der Waals surface area contributed by atoms with Gasteiger partial charge in [-0.2, -0.15) is 79.0 Å². The first-order valence-corrected chi connectivity index (χ1v) is 22.5. The predicted molar refractivity (Wildman–Crippen MR) is 200 cm³/mol. The van der Waals surface area contributed by atoms with Gasteiger partial charge in [0.2, 0.25) is 12.4 Å². The largest absolute Gasteiger partial charge is 0.490 e. The van der Waals surface area contributed by atoms with Crippen LogP contribution in [0.25, 0.3) is 0 Å². The maximum atomic E-state index is 13.9. The molecule has 4 saturated carbocycles. The zero-order valence-corrected chi connectivity index (χ0v) is 38.7. The summed E-state index contributed by atoms with van der Waals surface area (Å²) in [6.07, 6.45) is -55.7. The summed E-state index contributed by atoms with van der Waals surface area (Å²) >= 11 is 0. The van der Waals surface area contributed by atoms with Gasteiger partial charge >= 0.3 is 78.8 Å². The lowest BCUT2D eigenvalue weighted by atomic mass is 9.43. The lowest BCUT2D eigenvalue weighted by Crippen LogP contribution is -2.64. The molecule has 0 aromatic rings. The zero-order chi connectivity index (χ0) is 57.0. The van der Waals surface area contributed by atoms with E-state index in [-0.39, 0.29) is 44.4 Å². The number of carbonyl (C=O) groups is 7. The first-order valence-electron chi connectivity index (χ1n) is 22.5. The molecule has 0 bridgehead atoms. The maximum Gasteiger partial charge on any atom is 0.490 e. The molecule has 5 rings (SSSR count). The van der Waals surface area contributed by atoms with E-state index in [4.69, 9.17) is 18.9 Å². The van der Waals surface area contributed by atoms with Gasteiger partial charge in [-0.15, -0.1) is 0 Å². The number of halogens is 18. The maximum absolute atomic E-state index is 13.9. The Hall–Kier alpha value is -5.01. The number of fused-ring (bicyclic) bond motifs is 5. The third kappa shape index (κ3) is 13.6. The van der Waals surface area contributed by atoms with Crippen LogP contribution in [0.5, 0.6) is 0 Å². The first kappa shape index (κ1) is 60.9. The molecule has 0 N–H and O–H groups in total. The van der Waals surface area contributed by atoms with Gasteiger partial charge < -0.3 is 37.9 Å². The lowest BCUT2D eigenvalue weighted by molar-refractivity contribution is -0.315. The summed E-state index contributed by atoms with van der Waals surface area (Å²) in [5, 5.41) is 0. The van der Waals surface area contributed by atoms with Gasteiger partial charge in [-0.05, 0) is 98.7 Å². The zero-order valence-electron chi connectivity index (χ0n) is 38.7. The van der Waals surface area contributed by atoms with E-state index in [2.05, 4.69) is 18.9 Å². The molecule has 5 fully saturated rings. The summed E-state index contributed by atoms with van der Waals surface area (Å²) in [5.41, 5.74) is -2.14. The Labute approximate surface area is 410 Å². The van der Waals surface area contributed by atoms with Gasteiger partial charge in [0.25, 0.3) is 0 Å². The highest BCUT2D eigenvalue weighted by Gasteiger charge is 2.67. The molecule has 0 aromatic carbocycles. The van der Waals surface area contributed by atoms with Crippen molar-refractivity contribution in [3.63, 3.8) is 0 Å². The summed E-state index contributed by atoms with van der Waals surface area (Å²) in [5.74, 6) is -23.9. The number of hydrogen-bond acceptors (Lipinski definition) is 15. The normalized spacial score (nSPS) is 33.8. The van der Waals surface area contributed by atoms with Gasteiger partial charge in [0.1, 0.15) is 24.9 Å². The Kier molecular flexibility index (Phi) is 17.4. The fourth-order valence-electron chi connectivity index (χ4n) is 11.9. The van der Waals surface area contributed by atoms with Crippen molar-refractivity contribution in [2.24, 2.45) is 46.3 Å². The van der Waals surface area contributed by atoms with Crippen LogP contribution in [-0.2, 0) is 71.5 Å². The highest BCUT2D eigenvalue weighted by atomic mass is 19.4. The third-order valence-corrected chi connectivity index (χ3v) is 15.1. The average Bonchev–Trinajstić information content (AvgIpc) is 3.63. The van der Waals surface area contributed by atoms with Gasteiger partial charge in [0.05, 0.1) is 0 Å². The van der Waals surface area contributed by atoms with Crippen LogP contribution in [-0.4, -0.2) is 128 Å². The van der Waals surface area contributed by atoms with E-state index < -0.39 is 182 Å². The van der Waals surface area contributed by atoms with Gasteiger partial charge in [-0.3, -0.25) is 4.79 Å². The Morgan fingerprint density at radius 2 is 1.01 bits per heavy atom. The highest BCUT2D eigenvalue weighted by Crippen LogP contribution is 2.69. The number of esters is 7. The van der Waals surface area contributed by atoms with Crippen LogP contribution in [0.2, 0.25) is 0 Å². The van der Waals surface area contributed by atoms with Crippen molar-refractivity contribution < 1.29 is 150 Å². The Morgan fingerprint density at radius 3 is 1.53 bits per heavy atom.